The molecule has 4 nitrogen and oxygen atoms in total. The Labute approximate surface area is 291 Å². The van der Waals surface area contributed by atoms with E-state index in [1.165, 1.54) is 15.6 Å². The fourth-order valence-electron chi connectivity index (χ4n) is 7.58. The van der Waals surface area contributed by atoms with Crippen LogP contribution in [0.15, 0.2) is 170 Å². The topological polar surface area (TPSA) is 56.9 Å². The molecular weight excluding hydrogens is 625 g/mol. The third-order valence-corrected chi connectivity index (χ3v) is 14.5. The Morgan fingerprint density at radius 1 is 0.520 bits per heavy atom. The first-order chi connectivity index (χ1) is 24.7. The zero-order valence-electron chi connectivity index (χ0n) is 27.0. The van der Waals surface area contributed by atoms with Gasteiger partial charge in [-0.2, -0.15) is 10.5 Å². The highest BCUT2D eigenvalue weighted by molar-refractivity contribution is 7.20. The van der Waals surface area contributed by atoms with Gasteiger partial charge in [0, 0.05) is 10.9 Å². The van der Waals surface area contributed by atoms with E-state index in [0.717, 1.165) is 43.8 Å². The van der Waals surface area contributed by atoms with E-state index in [1.54, 1.807) is 0 Å². The highest BCUT2D eigenvalue weighted by Gasteiger charge is 2.44. The monoisotopic (exact) mass is 652 g/mol. The fraction of sp³-hybridized carbons (Fsp3) is 0. The number of hydrogen-bond acceptors (Lipinski definition) is 2. The minimum absolute atomic E-state index is 0.542. The van der Waals surface area contributed by atoms with Crippen LogP contribution >= 0.6 is 0 Å². The molecule has 1 aromatic heterocycles. The van der Waals surface area contributed by atoms with Gasteiger partial charge in [-0.25, -0.2) is 4.85 Å². The number of nitriles is 2. The predicted molar refractivity (Wildman–Crippen MR) is 206 cm³/mol. The van der Waals surface area contributed by atoms with Gasteiger partial charge in [0.2, 0.25) is 0 Å². The van der Waals surface area contributed by atoms with Gasteiger partial charge in [-0.15, -0.1) is 0 Å². The molecule has 0 aliphatic rings. The Hall–Kier alpha value is -6.97. The molecule has 0 amide bonds. The molecule has 0 saturated heterocycles. The lowest BCUT2D eigenvalue weighted by Gasteiger charge is -2.37. The van der Waals surface area contributed by atoms with Crippen molar-refractivity contribution in [2.24, 2.45) is 0 Å². The van der Waals surface area contributed by atoms with Crippen molar-refractivity contribution in [1.82, 2.24) is 4.57 Å². The first-order valence-corrected chi connectivity index (χ1v) is 18.3. The normalized spacial score (nSPS) is 11.1. The predicted octanol–water partition coefficient (Wildman–Crippen LogP) is 8.12. The third-order valence-electron chi connectivity index (χ3n) is 9.62. The first-order valence-electron chi connectivity index (χ1n) is 16.3. The maximum absolute atomic E-state index is 10.9. The number of rotatable bonds is 6. The van der Waals surface area contributed by atoms with Gasteiger partial charge >= 0.3 is 0 Å². The summed E-state index contributed by atoms with van der Waals surface area (Å²) < 4.78 is 2.23. The van der Waals surface area contributed by atoms with Crippen molar-refractivity contribution in [3.63, 3.8) is 0 Å². The number of nitrogens with zero attached hydrogens (tertiary/aromatic N) is 4. The number of hydrogen-bond donors (Lipinski definition) is 0. The molecule has 8 aromatic rings. The number of aromatic nitrogens is 1. The molecule has 0 saturated carbocycles. The van der Waals surface area contributed by atoms with Crippen molar-refractivity contribution in [1.29, 1.82) is 10.5 Å². The van der Waals surface area contributed by atoms with Crippen LogP contribution in [0.2, 0.25) is 0 Å². The largest absolute Gasteiger partial charge is 0.309 e. The van der Waals surface area contributed by atoms with Gasteiger partial charge in [0.25, 0.3) is 0 Å². The molecule has 0 atom stereocenters. The third kappa shape index (κ3) is 4.72. The lowest BCUT2D eigenvalue weighted by Crippen LogP contribution is -2.75. The smallest absolute Gasteiger partial charge is 0.188 e. The molecule has 0 aliphatic carbocycles. The van der Waals surface area contributed by atoms with Gasteiger partial charge in [0.15, 0.2) is 13.8 Å². The van der Waals surface area contributed by atoms with Crippen molar-refractivity contribution in [2.45, 2.75) is 0 Å². The number of benzene rings is 7. The Bertz CT molecular complexity index is 2510. The zero-order chi connectivity index (χ0) is 34.1. The Kier molecular flexibility index (Phi) is 7.63. The maximum atomic E-state index is 10.9. The van der Waals surface area contributed by atoms with Crippen LogP contribution in [0, 0.1) is 29.2 Å². The van der Waals surface area contributed by atoms with Gasteiger partial charge in [-0.3, -0.25) is 0 Å². The minimum atomic E-state index is -3.13. The summed E-state index contributed by atoms with van der Waals surface area (Å²) in [6, 6.07) is 62.8. The van der Waals surface area contributed by atoms with Gasteiger partial charge in [0.1, 0.15) is 0 Å². The van der Waals surface area contributed by atoms with Crippen LogP contribution in [-0.2, 0) is 0 Å². The molecule has 0 spiro atoms. The van der Waals surface area contributed by atoms with Crippen LogP contribution in [0.25, 0.3) is 43.5 Å². The fourth-order valence-corrected chi connectivity index (χ4v) is 12.7. The minimum Gasteiger partial charge on any atom is -0.309 e. The SMILES string of the molecule is [C-]#[N+]c1ccc2c(c1)c1cc(C#N)ccc1n2-c1ccccc1-c1cccc(C#N)c1[Si](c1ccccc1)(c1ccccc1)c1ccccc1. The van der Waals surface area contributed by atoms with Gasteiger partial charge in [0.05, 0.1) is 46.6 Å². The van der Waals surface area contributed by atoms with Crippen LogP contribution < -0.4 is 20.7 Å². The summed E-state index contributed by atoms with van der Waals surface area (Å²) in [4.78, 5) is 3.71. The van der Waals surface area contributed by atoms with Gasteiger partial charge < -0.3 is 4.57 Å². The van der Waals surface area contributed by atoms with E-state index in [0.29, 0.717) is 16.8 Å². The summed E-state index contributed by atoms with van der Waals surface area (Å²) in [6.07, 6.45) is 0. The Morgan fingerprint density at radius 2 is 1.06 bits per heavy atom. The van der Waals surface area contributed by atoms with E-state index in [2.05, 4.69) is 119 Å². The van der Waals surface area contributed by atoms with Crippen LogP contribution in [0.4, 0.5) is 5.69 Å². The van der Waals surface area contributed by atoms with Crippen molar-refractivity contribution in [3.8, 4) is 29.0 Å². The molecule has 1 heterocycles. The van der Waals surface area contributed by atoms with Crippen molar-refractivity contribution >= 4 is 56.3 Å². The second-order valence-corrected chi connectivity index (χ2v) is 15.9. The number of fused-ring (bicyclic) bond motifs is 3. The second kappa shape index (κ2) is 12.6. The first kappa shape index (κ1) is 30.4. The standard InChI is InChI=1S/C45H28N4Si/c1-48-34-25-27-44-41(29-34)40-28-32(30-46)24-26-43(40)49(44)42-23-12-11-21-38(42)39-22-13-14-33(31-47)45(39)50(35-15-5-2-6-16-35,36-17-7-3-8-18-36)37-19-9-4-10-20-37/h2-29H. The highest BCUT2D eigenvalue weighted by Crippen LogP contribution is 2.38. The van der Waals surface area contributed by atoms with E-state index in [9.17, 15) is 10.5 Å². The summed E-state index contributed by atoms with van der Waals surface area (Å²) in [5.74, 6) is 0. The van der Waals surface area contributed by atoms with Gasteiger partial charge in [-0.05, 0) is 74.2 Å². The summed E-state index contributed by atoms with van der Waals surface area (Å²) in [5.41, 5.74) is 6.53. The summed E-state index contributed by atoms with van der Waals surface area (Å²) in [6.45, 7) is 7.70. The molecule has 7 aromatic carbocycles. The van der Waals surface area contributed by atoms with Crippen LogP contribution in [0.3, 0.4) is 0 Å². The molecule has 232 valence electrons. The van der Waals surface area contributed by atoms with E-state index >= 15 is 0 Å². The zero-order valence-corrected chi connectivity index (χ0v) is 28.0. The van der Waals surface area contributed by atoms with Crippen molar-refractivity contribution < 1.29 is 0 Å². The molecule has 0 fully saturated rings. The Morgan fingerprint density at radius 3 is 1.64 bits per heavy atom. The second-order valence-electron chi connectivity index (χ2n) is 12.2. The lowest BCUT2D eigenvalue weighted by molar-refractivity contribution is 1.18. The molecule has 0 bridgehead atoms. The average Bonchev–Trinajstić information content (AvgIpc) is 3.52. The van der Waals surface area contributed by atoms with E-state index in [-0.39, 0.29) is 0 Å². The molecular formula is C45H28N4Si. The Balaban J connectivity index is 1.53. The lowest BCUT2D eigenvalue weighted by atomic mass is 10.0. The quantitative estimate of drug-likeness (QED) is 0.104. The molecule has 0 unspecified atom stereocenters. The van der Waals surface area contributed by atoms with Crippen LogP contribution in [0.1, 0.15) is 11.1 Å². The molecule has 0 radical (unpaired) electrons. The van der Waals surface area contributed by atoms with Crippen molar-refractivity contribution in [3.05, 3.63) is 192 Å². The molecule has 8 rings (SSSR count). The average molecular weight is 653 g/mol. The molecule has 0 aliphatic heterocycles. The molecule has 5 heteroatoms. The van der Waals surface area contributed by atoms with Crippen LogP contribution in [-0.4, -0.2) is 12.6 Å². The molecule has 0 N–H and O–H groups in total. The van der Waals surface area contributed by atoms with E-state index in [4.69, 9.17) is 6.57 Å². The van der Waals surface area contributed by atoms with E-state index < -0.39 is 8.07 Å². The summed E-state index contributed by atoms with van der Waals surface area (Å²) in [5, 5.41) is 27.1. The van der Waals surface area contributed by atoms with E-state index in [1.807, 2.05) is 72.8 Å². The summed E-state index contributed by atoms with van der Waals surface area (Å²) in [7, 11) is -3.13. The number of para-hydroxylation sites is 1. The molecule has 50 heavy (non-hydrogen) atoms. The van der Waals surface area contributed by atoms with Crippen LogP contribution in [0.5, 0.6) is 0 Å². The van der Waals surface area contributed by atoms with Crippen molar-refractivity contribution in [2.75, 3.05) is 0 Å². The highest BCUT2D eigenvalue weighted by atomic mass is 28.3. The summed E-state index contributed by atoms with van der Waals surface area (Å²) >= 11 is 0. The maximum Gasteiger partial charge on any atom is 0.188 e. The van der Waals surface area contributed by atoms with Gasteiger partial charge in [-0.1, -0.05) is 127 Å².